The van der Waals surface area contributed by atoms with Crippen LogP contribution in [-0.4, -0.2) is 23.9 Å². The van der Waals surface area contributed by atoms with Gasteiger partial charge in [0.15, 0.2) is 0 Å². The molecule has 2 nitrogen and oxygen atoms in total. The Balaban J connectivity index is 1.62. The second kappa shape index (κ2) is 7.10. The Labute approximate surface area is 137 Å². The number of carbonyl (C=O) groups excluding carboxylic acids is 1. The van der Waals surface area contributed by atoms with Crippen LogP contribution < -0.4 is 0 Å². The molecule has 0 saturated heterocycles. The normalized spacial score (nSPS) is 14.8. The van der Waals surface area contributed by atoms with Gasteiger partial charge in [0.2, 0.25) is 5.91 Å². The molecule has 0 aromatic heterocycles. The number of nitrogens with zero attached hydrogens (tertiary/aromatic N) is 1. The number of benzene rings is 2. The average molecular weight is 303 g/mol. The summed E-state index contributed by atoms with van der Waals surface area (Å²) in [6, 6.07) is 18.6. The molecule has 116 valence electrons. The molecule has 0 N–H and O–H groups in total. The molecule has 1 aliphatic heterocycles. The smallest absolute Gasteiger partial charge is 0.246 e. The number of hydrogen-bond donors (Lipinski definition) is 0. The van der Waals surface area contributed by atoms with Crippen LogP contribution in [0.25, 0.3) is 11.6 Å². The van der Waals surface area contributed by atoms with Gasteiger partial charge in [-0.15, -0.1) is 0 Å². The summed E-state index contributed by atoms with van der Waals surface area (Å²) < 4.78 is 0. The first kappa shape index (κ1) is 15.3. The van der Waals surface area contributed by atoms with Crippen molar-refractivity contribution in [3.05, 3.63) is 83.4 Å². The highest BCUT2D eigenvalue weighted by molar-refractivity contribution is 5.92. The van der Waals surface area contributed by atoms with E-state index in [0.29, 0.717) is 6.54 Å². The zero-order chi connectivity index (χ0) is 16.1. The van der Waals surface area contributed by atoms with Crippen LogP contribution in [0.4, 0.5) is 0 Å². The highest BCUT2D eigenvalue weighted by atomic mass is 16.2. The minimum Gasteiger partial charge on any atom is -0.335 e. The Morgan fingerprint density at radius 1 is 1.04 bits per heavy atom. The molecule has 2 aromatic rings. The van der Waals surface area contributed by atoms with Crippen LogP contribution in [0.5, 0.6) is 0 Å². The molecular weight excluding hydrogens is 282 g/mol. The number of aryl methyl sites for hydroxylation is 1. The summed E-state index contributed by atoms with van der Waals surface area (Å²) in [5.41, 5.74) is 4.87. The van der Waals surface area contributed by atoms with E-state index in [0.717, 1.165) is 18.5 Å². The largest absolute Gasteiger partial charge is 0.335 e. The third-order valence-corrected chi connectivity index (χ3v) is 4.16. The first-order valence-corrected chi connectivity index (χ1v) is 8.00. The van der Waals surface area contributed by atoms with Gasteiger partial charge in [0.1, 0.15) is 0 Å². The van der Waals surface area contributed by atoms with Gasteiger partial charge >= 0.3 is 0 Å². The third kappa shape index (κ3) is 3.98. The van der Waals surface area contributed by atoms with Crippen molar-refractivity contribution in [2.24, 2.45) is 0 Å². The SMILES string of the molecule is Cc1ccc(/C=C/C(=O)N2CC=C(c3ccccc3)CC2)cc1. The quantitative estimate of drug-likeness (QED) is 0.773. The molecule has 0 fully saturated rings. The van der Waals surface area contributed by atoms with Crippen molar-refractivity contribution < 1.29 is 4.79 Å². The van der Waals surface area contributed by atoms with Gasteiger partial charge in [-0.25, -0.2) is 0 Å². The van der Waals surface area contributed by atoms with Crippen molar-refractivity contribution in [3.8, 4) is 0 Å². The van der Waals surface area contributed by atoms with Crippen LogP contribution in [-0.2, 0) is 4.79 Å². The maximum Gasteiger partial charge on any atom is 0.246 e. The molecule has 23 heavy (non-hydrogen) atoms. The Morgan fingerprint density at radius 2 is 1.78 bits per heavy atom. The summed E-state index contributed by atoms with van der Waals surface area (Å²) in [4.78, 5) is 14.2. The topological polar surface area (TPSA) is 20.3 Å². The van der Waals surface area contributed by atoms with E-state index in [4.69, 9.17) is 0 Å². The van der Waals surface area contributed by atoms with Gasteiger partial charge < -0.3 is 4.90 Å². The number of amides is 1. The van der Waals surface area contributed by atoms with Gasteiger partial charge in [-0.2, -0.15) is 0 Å². The van der Waals surface area contributed by atoms with E-state index in [1.165, 1.54) is 16.7 Å². The lowest BCUT2D eigenvalue weighted by Crippen LogP contribution is -2.33. The lowest BCUT2D eigenvalue weighted by Gasteiger charge is -2.25. The molecule has 0 saturated carbocycles. The lowest BCUT2D eigenvalue weighted by molar-refractivity contribution is -0.125. The molecule has 0 spiro atoms. The van der Waals surface area contributed by atoms with Gasteiger partial charge in [-0.3, -0.25) is 4.79 Å². The van der Waals surface area contributed by atoms with Crippen molar-refractivity contribution in [2.45, 2.75) is 13.3 Å². The van der Waals surface area contributed by atoms with Crippen molar-refractivity contribution in [2.75, 3.05) is 13.1 Å². The highest BCUT2D eigenvalue weighted by Gasteiger charge is 2.15. The molecule has 1 amide bonds. The van der Waals surface area contributed by atoms with Crippen LogP contribution in [0.15, 0.2) is 66.7 Å². The molecule has 3 rings (SSSR count). The van der Waals surface area contributed by atoms with Gasteiger partial charge in [0.25, 0.3) is 0 Å². The van der Waals surface area contributed by atoms with Crippen LogP contribution >= 0.6 is 0 Å². The number of rotatable bonds is 3. The summed E-state index contributed by atoms with van der Waals surface area (Å²) >= 11 is 0. The molecule has 0 unspecified atom stereocenters. The van der Waals surface area contributed by atoms with Gasteiger partial charge in [-0.05, 0) is 36.1 Å². The summed E-state index contributed by atoms with van der Waals surface area (Å²) in [7, 11) is 0. The van der Waals surface area contributed by atoms with E-state index in [1.54, 1.807) is 6.08 Å². The molecule has 0 aliphatic carbocycles. The van der Waals surface area contributed by atoms with E-state index >= 15 is 0 Å². The van der Waals surface area contributed by atoms with Crippen molar-refractivity contribution in [1.82, 2.24) is 4.90 Å². The highest BCUT2D eigenvalue weighted by Crippen LogP contribution is 2.22. The van der Waals surface area contributed by atoms with E-state index in [9.17, 15) is 4.79 Å². The van der Waals surface area contributed by atoms with Crippen LogP contribution in [0, 0.1) is 6.92 Å². The summed E-state index contributed by atoms with van der Waals surface area (Å²) in [6.07, 6.45) is 6.63. The Kier molecular flexibility index (Phi) is 4.72. The molecule has 2 aromatic carbocycles. The molecule has 0 atom stereocenters. The van der Waals surface area contributed by atoms with E-state index in [-0.39, 0.29) is 5.91 Å². The fourth-order valence-electron chi connectivity index (χ4n) is 2.73. The van der Waals surface area contributed by atoms with Crippen molar-refractivity contribution in [3.63, 3.8) is 0 Å². The van der Waals surface area contributed by atoms with Gasteiger partial charge in [0, 0.05) is 19.2 Å². The zero-order valence-electron chi connectivity index (χ0n) is 13.4. The van der Waals surface area contributed by atoms with E-state index in [2.05, 4.69) is 49.4 Å². The summed E-state index contributed by atoms with van der Waals surface area (Å²) in [5, 5.41) is 0. The maximum absolute atomic E-state index is 12.3. The van der Waals surface area contributed by atoms with Crippen LogP contribution in [0.3, 0.4) is 0 Å². The molecule has 2 heteroatoms. The molecule has 1 aliphatic rings. The second-order valence-electron chi connectivity index (χ2n) is 5.87. The minimum absolute atomic E-state index is 0.0777. The van der Waals surface area contributed by atoms with Gasteiger partial charge in [-0.1, -0.05) is 66.2 Å². The summed E-state index contributed by atoms with van der Waals surface area (Å²) in [5.74, 6) is 0.0777. The van der Waals surface area contributed by atoms with Gasteiger partial charge in [0.05, 0.1) is 0 Å². The van der Waals surface area contributed by atoms with Crippen molar-refractivity contribution in [1.29, 1.82) is 0 Å². The molecule has 0 radical (unpaired) electrons. The summed E-state index contributed by atoms with van der Waals surface area (Å²) in [6.45, 7) is 3.52. The predicted molar refractivity (Wildman–Crippen MR) is 95.8 cm³/mol. The average Bonchev–Trinajstić information content (AvgIpc) is 2.62. The number of carbonyl (C=O) groups is 1. The van der Waals surface area contributed by atoms with E-state index < -0.39 is 0 Å². The van der Waals surface area contributed by atoms with Crippen LogP contribution in [0.1, 0.15) is 23.1 Å². The van der Waals surface area contributed by atoms with Crippen molar-refractivity contribution >= 4 is 17.6 Å². The maximum atomic E-state index is 12.3. The molecule has 0 bridgehead atoms. The monoisotopic (exact) mass is 303 g/mol. The van der Waals surface area contributed by atoms with Crippen LogP contribution in [0.2, 0.25) is 0 Å². The molecule has 1 heterocycles. The second-order valence-corrected chi connectivity index (χ2v) is 5.87. The Hall–Kier alpha value is -2.61. The minimum atomic E-state index is 0.0777. The fourth-order valence-corrected chi connectivity index (χ4v) is 2.73. The zero-order valence-corrected chi connectivity index (χ0v) is 13.4. The fraction of sp³-hybridized carbons (Fsp3) is 0.190. The van der Waals surface area contributed by atoms with E-state index in [1.807, 2.05) is 29.2 Å². The first-order chi connectivity index (χ1) is 11.2. The third-order valence-electron chi connectivity index (χ3n) is 4.16. The first-order valence-electron chi connectivity index (χ1n) is 8.00. The standard InChI is InChI=1S/C21H21NO/c1-17-7-9-18(10-8-17)11-12-21(23)22-15-13-20(14-16-22)19-5-3-2-4-6-19/h2-13H,14-16H2,1H3/b12-11+. The predicted octanol–water partition coefficient (Wildman–Crippen LogP) is 4.32. The Bertz CT molecular complexity index is 726. The number of hydrogen-bond acceptors (Lipinski definition) is 1. The molecular formula is C21H21NO. The lowest BCUT2D eigenvalue weighted by atomic mass is 9.99. The Morgan fingerprint density at radius 3 is 2.43 bits per heavy atom.